The van der Waals surface area contributed by atoms with Gasteiger partial charge in [0.2, 0.25) is 0 Å². The predicted octanol–water partition coefficient (Wildman–Crippen LogP) is 3.43. The molecule has 0 fully saturated rings. The molecule has 1 rings (SSSR count). The zero-order chi connectivity index (χ0) is 11.4. The first kappa shape index (κ1) is 14.9. The zero-order valence-electron chi connectivity index (χ0n) is 9.25. The molecule has 0 saturated carbocycles. The number of allylic oxidation sites excluding steroid dienone is 1. The van der Waals surface area contributed by atoms with Crippen LogP contribution in [-0.2, 0) is 0 Å². The maximum absolute atomic E-state index is 6.21. The zero-order valence-corrected chi connectivity index (χ0v) is 9.25. The second kappa shape index (κ2) is 11.4. The summed E-state index contributed by atoms with van der Waals surface area (Å²) in [7, 11) is 0. The number of nitrogens with one attached hydrogen (secondary N) is 1. The molecule has 0 unspecified atom stereocenters. The summed E-state index contributed by atoms with van der Waals surface area (Å²) in [5.74, 6) is 0. The third-order valence-electron chi connectivity index (χ3n) is 1.16. The summed E-state index contributed by atoms with van der Waals surface area (Å²) in [6.45, 7) is 9.26. The minimum Gasteiger partial charge on any atom is -0.399 e. The van der Waals surface area contributed by atoms with Gasteiger partial charge in [0.1, 0.15) is 0 Å². The molecule has 0 bridgehead atoms. The molecule has 2 heteroatoms. The van der Waals surface area contributed by atoms with E-state index in [0.29, 0.717) is 0 Å². The smallest absolute Gasteiger partial charge is 0.0316 e. The van der Waals surface area contributed by atoms with Gasteiger partial charge in [-0.15, -0.1) is 0 Å². The molecule has 0 atom stereocenters. The molecule has 0 aliphatic carbocycles. The molecule has 0 aliphatic heterocycles. The van der Waals surface area contributed by atoms with Crippen LogP contribution in [0.15, 0.2) is 36.9 Å². The number of rotatable bonds is 1. The van der Waals surface area contributed by atoms with Gasteiger partial charge in [-0.1, -0.05) is 38.6 Å². The van der Waals surface area contributed by atoms with Crippen molar-refractivity contribution in [3.05, 3.63) is 42.5 Å². The Bertz CT molecular complexity index is 231. The molecule has 0 spiro atoms. The summed E-state index contributed by atoms with van der Waals surface area (Å²) < 4.78 is 0. The number of aryl methyl sites for hydroxylation is 1. The summed E-state index contributed by atoms with van der Waals surface area (Å²) in [5.41, 5.74) is 7.51. The highest BCUT2D eigenvalue weighted by Crippen LogP contribution is 2.03. The van der Waals surface area contributed by atoms with Crippen LogP contribution in [0.3, 0.4) is 0 Å². The minimum absolute atomic E-state index is 0.838. The van der Waals surface area contributed by atoms with E-state index in [1.165, 1.54) is 11.6 Å². The summed E-state index contributed by atoms with van der Waals surface area (Å²) in [5, 5.41) is 6.21. The van der Waals surface area contributed by atoms with Crippen LogP contribution < -0.4 is 5.73 Å². The Labute approximate surface area is 87.0 Å². The number of benzene rings is 1. The van der Waals surface area contributed by atoms with E-state index in [4.69, 9.17) is 11.1 Å². The van der Waals surface area contributed by atoms with E-state index in [2.05, 4.69) is 6.58 Å². The molecule has 0 aromatic heterocycles. The molecule has 0 radical (unpaired) electrons. The second-order valence-corrected chi connectivity index (χ2v) is 2.32. The number of nitrogen functional groups attached to an aromatic ring is 1. The minimum atomic E-state index is 0.838. The molecular formula is C12H20N2. The quantitative estimate of drug-likeness (QED) is 0.520. The molecule has 78 valence electrons. The number of nitrogens with two attached hydrogens (primary N) is 1. The summed E-state index contributed by atoms with van der Waals surface area (Å²) in [6, 6.07) is 7.80. The first-order valence-corrected chi connectivity index (χ1v) is 4.64. The lowest BCUT2D eigenvalue weighted by molar-refractivity contribution is 1.47. The Morgan fingerprint density at radius 3 is 2.07 bits per heavy atom. The average Bonchev–Trinajstić information content (AvgIpc) is 2.21. The molecule has 1 aromatic rings. The molecular weight excluding hydrogens is 172 g/mol. The van der Waals surface area contributed by atoms with Crippen LogP contribution in [0.2, 0.25) is 0 Å². The van der Waals surface area contributed by atoms with Gasteiger partial charge < -0.3 is 11.1 Å². The van der Waals surface area contributed by atoms with E-state index in [0.717, 1.165) is 11.9 Å². The fraction of sp³-hybridized carbons (Fsp3) is 0.250. The Morgan fingerprint density at radius 1 is 1.36 bits per heavy atom. The Hall–Kier alpha value is -1.57. The van der Waals surface area contributed by atoms with Gasteiger partial charge in [0.05, 0.1) is 0 Å². The van der Waals surface area contributed by atoms with E-state index in [1.807, 2.05) is 45.0 Å². The van der Waals surface area contributed by atoms with Gasteiger partial charge >= 0.3 is 0 Å². The molecule has 0 aliphatic rings. The van der Waals surface area contributed by atoms with Crippen LogP contribution in [0.5, 0.6) is 0 Å². The van der Waals surface area contributed by atoms with Crippen LogP contribution in [0.1, 0.15) is 19.4 Å². The summed E-state index contributed by atoms with van der Waals surface area (Å²) in [4.78, 5) is 0. The van der Waals surface area contributed by atoms with Crippen molar-refractivity contribution in [2.24, 2.45) is 0 Å². The van der Waals surface area contributed by atoms with Gasteiger partial charge in [-0.2, -0.15) is 0 Å². The average molecular weight is 192 g/mol. The second-order valence-electron chi connectivity index (χ2n) is 2.32. The van der Waals surface area contributed by atoms with Gasteiger partial charge in [-0.05, 0) is 24.6 Å². The first-order valence-electron chi connectivity index (χ1n) is 4.64. The van der Waals surface area contributed by atoms with Crippen LogP contribution in [-0.4, -0.2) is 6.21 Å². The van der Waals surface area contributed by atoms with E-state index < -0.39 is 0 Å². The number of anilines is 1. The highest BCUT2D eigenvalue weighted by atomic mass is 14.5. The highest BCUT2D eigenvalue weighted by molar-refractivity contribution is 5.66. The Kier molecular flexibility index (Phi) is 12.2. The lowest BCUT2D eigenvalue weighted by Gasteiger charge is -1.91. The van der Waals surface area contributed by atoms with Crippen LogP contribution in [0, 0.1) is 12.3 Å². The Morgan fingerprint density at radius 2 is 1.86 bits per heavy atom. The standard InChI is InChI=1S/C7H9N.C3H5N.C2H6/c1-6-3-2-4-7(8)5-6;1-2-3-4;1-2/h2-5H,8H2,1H3;2-4H,1H2;1-2H3. The monoisotopic (exact) mass is 192 g/mol. The van der Waals surface area contributed by atoms with Crippen molar-refractivity contribution >= 4 is 11.9 Å². The van der Waals surface area contributed by atoms with Crippen molar-refractivity contribution < 1.29 is 0 Å². The van der Waals surface area contributed by atoms with Crippen LogP contribution in [0.25, 0.3) is 0 Å². The summed E-state index contributed by atoms with van der Waals surface area (Å²) in [6.07, 6.45) is 2.56. The van der Waals surface area contributed by atoms with Gasteiger partial charge in [0.15, 0.2) is 0 Å². The topological polar surface area (TPSA) is 49.9 Å². The fourth-order valence-corrected chi connectivity index (χ4v) is 0.670. The Balaban J connectivity index is 0. The molecule has 0 amide bonds. The van der Waals surface area contributed by atoms with Crippen molar-refractivity contribution in [2.45, 2.75) is 20.8 Å². The highest BCUT2D eigenvalue weighted by Gasteiger charge is 1.81. The first-order chi connectivity index (χ1) is 6.70. The van der Waals surface area contributed by atoms with Crippen molar-refractivity contribution in [2.75, 3.05) is 5.73 Å². The predicted molar refractivity (Wildman–Crippen MR) is 65.9 cm³/mol. The summed E-state index contributed by atoms with van der Waals surface area (Å²) >= 11 is 0. The van der Waals surface area contributed by atoms with Crippen LogP contribution >= 0.6 is 0 Å². The van der Waals surface area contributed by atoms with E-state index >= 15 is 0 Å². The van der Waals surface area contributed by atoms with Gasteiger partial charge in [-0.3, -0.25) is 0 Å². The lowest BCUT2D eigenvalue weighted by Crippen LogP contribution is -1.82. The normalized spacial score (nSPS) is 7.07. The van der Waals surface area contributed by atoms with Crippen molar-refractivity contribution in [1.29, 1.82) is 5.41 Å². The van der Waals surface area contributed by atoms with Gasteiger partial charge in [0, 0.05) is 11.9 Å². The van der Waals surface area contributed by atoms with Crippen molar-refractivity contribution in [3.8, 4) is 0 Å². The molecule has 0 heterocycles. The lowest BCUT2D eigenvalue weighted by atomic mass is 10.2. The van der Waals surface area contributed by atoms with E-state index in [1.54, 1.807) is 0 Å². The van der Waals surface area contributed by atoms with E-state index in [9.17, 15) is 0 Å². The molecule has 1 aromatic carbocycles. The maximum Gasteiger partial charge on any atom is 0.0316 e. The largest absolute Gasteiger partial charge is 0.399 e. The van der Waals surface area contributed by atoms with Crippen molar-refractivity contribution in [3.63, 3.8) is 0 Å². The molecule has 3 N–H and O–H groups in total. The fourth-order valence-electron chi connectivity index (χ4n) is 0.670. The SMILES string of the molecule is C=CC=N.CC.Cc1cccc(N)c1. The maximum atomic E-state index is 6.21. The number of hydrogen-bond donors (Lipinski definition) is 2. The van der Waals surface area contributed by atoms with Gasteiger partial charge in [0.25, 0.3) is 0 Å². The van der Waals surface area contributed by atoms with E-state index in [-0.39, 0.29) is 0 Å². The molecule has 0 saturated heterocycles. The van der Waals surface area contributed by atoms with Crippen molar-refractivity contribution in [1.82, 2.24) is 0 Å². The third kappa shape index (κ3) is 10.4. The third-order valence-corrected chi connectivity index (χ3v) is 1.16. The van der Waals surface area contributed by atoms with Gasteiger partial charge in [-0.25, -0.2) is 0 Å². The molecule has 14 heavy (non-hydrogen) atoms. The van der Waals surface area contributed by atoms with Crippen LogP contribution in [0.4, 0.5) is 5.69 Å². The molecule has 2 nitrogen and oxygen atoms in total. The number of hydrogen-bond acceptors (Lipinski definition) is 2.